The summed E-state index contributed by atoms with van der Waals surface area (Å²) in [4.78, 5) is 21.3. The lowest BCUT2D eigenvalue weighted by Gasteiger charge is -2.38. The van der Waals surface area contributed by atoms with Crippen LogP contribution in [0.3, 0.4) is 0 Å². The number of rotatable bonds is 4. The molecule has 1 amide bonds. The molecule has 0 radical (unpaired) electrons. The number of piperazine rings is 1. The Hall–Kier alpha value is -1.47. The quantitative estimate of drug-likeness (QED) is 0.830. The van der Waals surface area contributed by atoms with Gasteiger partial charge in [0.05, 0.1) is 18.6 Å². The van der Waals surface area contributed by atoms with Gasteiger partial charge in [-0.2, -0.15) is 4.98 Å². The van der Waals surface area contributed by atoms with E-state index in [1.54, 1.807) is 6.92 Å². The van der Waals surface area contributed by atoms with Gasteiger partial charge in [-0.05, 0) is 19.3 Å². The molecule has 3 heterocycles. The van der Waals surface area contributed by atoms with Gasteiger partial charge in [-0.25, -0.2) is 0 Å². The van der Waals surface area contributed by atoms with Crippen LogP contribution in [0.5, 0.6) is 0 Å². The number of carbonyl (C=O) groups is 1. The van der Waals surface area contributed by atoms with Crippen LogP contribution < -0.4 is 0 Å². The van der Waals surface area contributed by atoms with E-state index in [0.717, 1.165) is 52.0 Å². The fourth-order valence-corrected chi connectivity index (χ4v) is 3.49. The van der Waals surface area contributed by atoms with E-state index in [-0.39, 0.29) is 17.9 Å². The van der Waals surface area contributed by atoms with Crippen LogP contribution in [0.1, 0.15) is 37.9 Å². The molecule has 0 aliphatic carbocycles. The maximum atomic E-state index is 12.8. The molecule has 7 nitrogen and oxygen atoms in total. The van der Waals surface area contributed by atoms with Gasteiger partial charge in [0.25, 0.3) is 0 Å². The highest BCUT2D eigenvalue weighted by atomic mass is 16.5. The second-order valence-electron chi connectivity index (χ2n) is 6.40. The summed E-state index contributed by atoms with van der Waals surface area (Å²) < 4.78 is 10.8. The Bertz CT molecular complexity index is 525. The highest BCUT2D eigenvalue weighted by Crippen LogP contribution is 2.25. The molecule has 0 saturated carbocycles. The van der Waals surface area contributed by atoms with Crippen molar-refractivity contribution in [1.29, 1.82) is 0 Å². The van der Waals surface area contributed by atoms with Crippen molar-refractivity contribution >= 4 is 5.91 Å². The van der Waals surface area contributed by atoms with Gasteiger partial charge in [0.2, 0.25) is 11.8 Å². The second kappa shape index (κ2) is 7.40. The molecule has 0 aromatic carbocycles. The molecule has 2 aliphatic heterocycles. The topological polar surface area (TPSA) is 71.7 Å². The average molecular weight is 322 g/mol. The van der Waals surface area contributed by atoms with Gasteiger partial charge in [-0.15, -0.1) is 0 Å². The Balaban J connectivity index is 1.50. The lowest BCUT2D eigenvalue weighted by atomic mass is 9.91. The Kier molecular flexibility index (Phi) is 5.27. The van der Waals surface area contributed by atoms with Gasteiger partial charge in [-0.3, -0.25) is 9.69 Å². The predicted molar refractivity (Wildman–Crippen MR) is 83.6 cm³/mol. The largest absolute Gasteiger partial charge is 0.377 e. The van der Waals surface area contributed by atoms with E-state index < -0.39 is 0 Å². The van der Waals surface area contributed by atoms with Crippen molar-refractivity contribution in [3.8, 4) is 0 Å². The van der Waals surface area contributed by atoms with Crippen molar-refractivity contribution in [3.05, 3.63) is 11.7 Å². The smallest absolute Gasteiger partial charge is 0.228 e. The minimum atomic E-state index is 0.0418. The summed E-state index contributed by atoms with van der Waals surface area (Å²) in [5, 5.41) is 3.93. The molecule has 2 aliphatic rings. The monoisotopic (exact) mass is 322 g/mol. The molecule has 1 aromatic rings. The van der Waals surface area contributed by atoms with Crippen LogP contribution >= 0.6 is 0 Å². The molecule has 0 bridgehead atoms. The van der Waals surface area contributed by atoms with Gasteiger partial charge in [0.1, 0.15) is 0 Å². The Morgan fingerprint density at radius 2 is 2.09 bits per heavy atom. The van der Waals surface area contributed by atoms with E-state index in [2.05, 4.69) is 22.0 Å². The van der Waals surface area contributed by atoms with Crippen molar-refractivity contribution in [3.63, 3.8) is 0 Å². The number of hydrogen-bond donors (Lipinski definition) is 0. The Labute approximate surface area is 137 Å². The number of aryl methyl sites for hydroxylation is 1. The zero-order valence-electron chi connectivity index (χ0n) is 14.0. The van der Waals surface area contributed by atoms with Crippen LogP contribution in [0.25, 0.3) is 0 Å². The summed E-state index contributed by atoms with van der Waals surface area (Å²) >= 11 is 0. The molecular weight excluding hydrogens is 296 g/mol. The Morgan fingerprint density at radius 3 is 2.74 bits per heavy atom. The van der Waals surface area contributed by atoms with E-state index in [1.807, 2.05) is 4.90 Å². The highest BCUT2D eigenvalue weighted by molar-refractivity contribution is 5.79. The lowest BCUT2D eigenvalue weighted by Crippen LogP contribution is -2.52. The first-order valence-corrected chi connectivity index (χ1v) is 8.59. The third-order valence-corrected chi connectivity index (χ3v) is 4.78. The van der Waals surface area contributed by atoms with Crippen LogP contribution in [0.4, 0.5) is 0 Å². The van der Waals surface area contributed by atoms with Gasteiger partial charge in [-0.1, -0.05) is 12.1 Å². The summed E-state index contributed by atoms with van der Waals surface area (Å²) in [5.74, 6) is 1.62. The van der Waals surface area contributed by atoms with Crippen molar-refractivity contribution in [2.24, 2.45) is 5.92 Å². The molecule has 0 spiro atoms. The fraction of sp³-hybridized carbons (Fsp3) is 0.812. The highest BCUT2D eigenvalue weighted by Gasteiger charge is 2.34. The third kappa shape index (κ3) is 3.90. The third-order valence-electron chi connectivity index (χ3n) is 4.78. The summed E-state index contributed by atoms with van der Waals surface area (Å²) in [5.41, 5.74) is 0. The lowest BCUT2D eigenvalue weighted by molar-refractivity contribution is -0.147. The average Bonchev–Trinajstić information content (AvgIpc) is 3.00. The minimum Gasteiger partial charge on any atom is -0.377 e. The predicted octanol–water partition coefficient (Wildman–Crippen LogP) is 1.23. The molecule has 1 aromatic heterocycles. The summed E-state index contributed by atoms with van der Waals surface area (Å²) in [7, 11) is 0. The molecule has 0 unspecified atom stereocenters. The van der Waals surface area contributed by atoms with E-state index in [0.29, 0.717) is 18.3 Å². The first-order chi connectivity index (χ1) is 11.2. The van der Waals surface area contributed by atoms with Crippen molar-refractivity contribution in [2.45, 2.75) is 45.8 Å². The van der Waals surface area contributed by atoms with Crippen LogP contribution in [0.2, 0.25) is 0 Å². The maximum absolute atomic E-state index is 12.8. The number of nitrogens with zero attached hydrogens (tertiary/aromatic N) is 4. The van der Waals surface area contributed by atoms with Gasteiger partial charge >= 0.3 is 0 Å². The van der Waals surface area contributed by atoms with E-state index in [1.165, 1.54) is 0 Å². The molecule has 0 N–H and O–H groups in total. The Morgan fingerprint density at radius 1 is 1.30 bits per heavy atom. The molecule has 2 fully saturated rings. The number of ether oxygens (including phenoxy) is 1. The van der Waals surface area contributed by atoms with Crippen molar-refractivity contribution in [1.82, 2.24) is 19.9 Å². The second-order valence-corrected chi connectivity index (χ2v) is 6.40. The summed E-state index contributed by atoms with van der Waals surface area (Å²) in [6.07, 6.45) is 2.95. The van der Waals surface area contributed by atoms with E-state index >= 15 is 0 Å². The minimum absolute atomic E-state index is 0.0418. The normalized spacial score (nSPS) is 26.4. The fourth-order valence-electron chi connectivity index (χ4n) is 3.49. The van der Waals surface area contributed by atoms with Gasteiger partial charge in [0, 0.05) is 39.7 Å². The van der Waals surface area contributed by atoms with E-state index in [4.69, 9.17) is 9.26 Å². The number of carbonyl (C=O) groups excluding carboxylic acids is 1. The SMILES string of the molecule is CC[C@@H]1OCCC[C@H]1C(=O)N1CCN(Cc2noc(C)n2)CC1. The molecular formula is C16H26N4O3. The van der Waals surface area contributed by atoms with Crippen molar-refractivity contribution < 1.29 is 14.1 Å². The van der Waals surface area contributed by atoms with E-state index in [9.17, 15) is 4.79 Å². The first kappa shape index (κ1) is 16.4. The molecule has 23 heavy (non-hydrogen) atoms. The van der Waals surface area contributed by atoms with Gasteiger partial charge in [0.15, 0.2) is 5.82 Å². The van der Waals surface area contributed by atoms with Crippen LogP contribution in [-0.4, -0.2) is 64.7 Å². The van der Waals surface area contributed by atoms with Gasteiger partial charge < -0.3 is 14.2 Å². The molecule has 128 valence electrons. The van der Waals surface area contributed by atoms with Crippen molar-refractivity contribution in [2.75, 3.05) is 32.8 Å². The molecule has 3 rings (SSSR count). The molecule has 2 saturated heterocycles. The standard InChI is InChI=1S/C16H26N4O3/c1-3-14-13(5-4-10-22-14)16(21)20-8-6-19(7-9-20)11-15-17-12(2)23-18-15/h13-14H,3-11H2,1-2H3/t13-,14+/m1/s1. The maximum Gasteiger partial charge on any atom is 0.228 e. The summed E-state index contributed by atoms with van der Waals surface area (Å²) in [6.45, 7) is 8.60. The zero-order chi connectivity index (χ0) is 16.2. The number of amides is 1. The number of aromatic nitrogens is 2. The van der Waals surface area contributed by atoms with Crippen LogP contribution in [0.15, 0.2) is 4.52 Å². The summed E-state index contributed by atoms with van der Waals surface area (Å²) in [6, 6.07) is 0. The first-order valence-electron chi connectivity index (χ1n) is 8.59. The zero-order valence-corrected chi connectivity index (χ0v) is 14.0. The van der Waals surface area contributed by atoms with Crippen LogP contribution in [-0.2, 0) is 16.1 Å². The number of hydrogen-bond acceptors (Lipinski definition) is 6. The van der Waals surface area contributed by atoms with Crippen LogP contribution in [0, 0.1) is 12.8 Å². The molecule has 7 heteroatoms. The molecule has 2 atom stereocenters.